The zero-order valence-corrected chi connectivity index (χ0v) is 16.9. The summed E-state index contributed by atoms with van der Waals surface area (Å²) in [5, 5.41) is 9.86. The lowest BCUT2D eigenvalue weighted by atomic mass is 9.73. The molecule has 4 heterocycles. The molecule has 2 aliphatic rings. The fourth-order valence-corrected chi connectivity index (χ4v) is 4.89. The van der Waals surface area contributed by atoms with E-state index in [4.69, 9.17) is 0 Å². The van der Waals surface area contributed by atoms with Gasteiger partial charge in [0.25, 0.3) is 5.56 Å². The number of fused-ring (bicyclic) bond motifs is 3. The molecular formula is C21H21F2N5O3. The molecule has 31 heavy (non-hydrogen) atoms. The number of halogens is 2. The van der Waals surface area contributed by atoms with E-state index in [0.29, 0.717) is 30.1 Å². The summed E-state index contributed by atoms with van der Waals surface area (Å²) >= 11 is 0. The number of piperidine rings is 1. The van der Waals surface area contributed by atoms with Gasteiger partial charge in [0.05, 0.1) is 23.1 Å². The molecule has 8 nitrogen and oxygen atoms in total. The second-order valence-electron chi connectivity index (χ2n) is 8.08. The minimum Gasteiger partial charge on any atom is -0.395 e. The Morgan fingerprint density at radius 2 is 1.97 bits per heavy atom. The van der Waals surface area contributed by atoms with E-state index in [1.54, 1.807) is 23.9 Å². The van der Waals surface area contributed by atoms with Crippen LogP contribution in [-0.4, -0.2) is 51.8 Å². The van der Waals surface area contributed by atoms with E-state index in [2.05, 4.69) is 9.97 Å². The summed E-state index contributed by atoms with van der Waals surface area (Å²) < 4.78 is 30.5. The molecule has 3 aromatic rings. The van der Waals surface area contributed by atoms with E-state index < -0.39 is 17.0 Å². The molecule has 2 aromatic heterocycles. The molecular weight excluding hydrogens is 408 g/mol. The van der Waals surface area contributed by atoms with Crippen LogP contribution >= 0.6 is 0 Å². The third-order valence-electron chi connectivity index (χ3n) is 6.42. The highest BCUT2D eigenvalue weighted by molar-refractivity contribution is 6.08. The lowest BCUT2D eigenvalue weighted by Crippen LogP contribution is -2.50. The fourth-order valence-electron chi connectivity index (χ4n) is 4.89. The maximum Gasteiger partial charge on any atom is 0.261 e. The van der Waals surface area contributed by atoms with Crippen molar-refractivity contribution in [3.8, 4) is 0 Å². The van der Waals surface area contributed by atoms with Gasteiger partial charge >= 0.3 is 0 Å². The average molecular weight is 429 g/mol. The Balaban J connectivity index is 1.50. The van der Waals surface area contributed by atoms with E-state index in [9.17, 15) is 23.5 Å². The van der Waals surface area contributed by atoms with Gasteiger partial charge in [-0.15, -0.1) is 0 Å². The number of hydrogen-bond acceptors (Lipinski definition) is 5. The van der Waals surface area contributed by atoms with Gasteiger partial charge in [-0.3, -0.25) is 14.6 Å². The summed E-state index contributed by atoms with van der Waals surface area (Å²) in [4.78, 5) is 36.2. The highest BCUT2D eigenvalue weighted by Gasteiger charge is 2.54. The second-order valence-corrected chi connectivity index (χ2v) is 8.08. The maximum atomic E-state index is 14.9. The fraction of sp³-hybridized carbons (Fsp3) is 0.381. The van der Waals surface area contributed by atoms with Gasteiger partial charge in [0.15, 0.2) is 0 Å². The van der Waals surface area contributed by atoms with Crippen LogP contribution in [0.15, 0.2) is 29.2 Å². The van der Waals surface area contributed by atoms with Crippen molar-refractivity contribution in [2.24, 2.45) is 7.05 Å². The first-order chi connectivity index (χ1) is 14.9. The number of nitrogens with zero attached hydrogens (tertiary/aromatic N) is 4. The first kappa shape index (κ1) is 19.7. The van der Waals surface area contributed by atoms with Crippen molar-refractivity contribution in [3.05, 3.63) is 51.9 Å². The summed E-state index contributed by atoms with van der Waals surface area (Å²) in [5.41, 5.74) is -0.461. The summed E-state index contributed by atoms with van der Waals surface area (Å²) in [5.74, 6) is -1.46. The van der Waals surface area contributed by atoms with Crippen LogP contribution in [0.3, 0.4) is 0 Å². The standard InChI is InChI=1S/C21H21F2N5O3/c1-26-5-2-13-17(26)24-20(25-18(13)30)27-6-3-21(4-7-27)16-14(23)10-12(22)11-15(16)28(8-9-29)19(21)31/h2,5,10-11,29H,3-4,6-9H2,1H3,(H,24,25,30). The van der Waals surface area contributed by atoms with Crippen LogP contribution in [0.2, 0.25) is 0 Å². The number of aromatic nitrogens is 3. The molecule has 1 saturated heterocycles. The predicted octanol–water partition coefficient (Wildman–Crippen LogP) is 1.42. The Kier molecular flexibility index (Phi) is 4.37. The van der Waals surface area contributed by atoms with Gasteiger partial charge in [0.1, 0.15) is 17.3 Å². The molecule has 1 spiro atoms. The molecule has 0 atom stereocenters. The van der Waals surface area contributed by atoms with E-state index in [1.807, 2.05) is 4.90 Å². The Morgan fingerprint density at radius 1 is 1.23 bits per heavy atom. The first-order valence-corrected chi connectivity index (χ1v) is 10.1. The SMILES string of the molecule is Cn1ccc2c(=O)[nH]c(N3CCC4(CC3)C(=O)N(CCO)c3cc(F)cc(F)c34)nc21. The minimum atomic E-state index is -1.13. The number of H-pyrrole nitrogens is 1. The number of hydrogen-bond donors (Lipinski definition) is 2. The number of aliphatic hydroxyl groups is 1. The van der Waals surface area contributed by atoms with Crippen molar-refractivity contribution in [2.75, 3.05) is 36.0 Å². The Bertz CT molecular complexity index is 1260. The third kappa shape index (κ3) is 2.78. The van der Waals surface area contributed by atoms with Crippen LogP contribution in [0.25, 0.3) is 11.0 Å². The molecule has 5 rings (SSSR count). The van der Waals surface area contributed by atoms with Crippen molar-refractivity contribution in [1.29, 1.82) is 0 Å². The lowest BCUT2D eigenvalue weighted by molar-refractivity contribution is -0.124. The number of amides is 1. The smallest absolute Gasteiger partial charge is 0.261 e. The zero-order valence-electron chi connectivity index (χ0n) is 16.9. The van der Waals surface area contributed by atoms with Gasteiger partial charge in [-0.2, -0.15) is 4.98 Å². The lowest BCUT2D eigenvalue weighted by Gasteiger charge is -2.38. The van der Waals surface area contributed by atoms with Crippen molar-refractivity contribution in [1.82, 2.24) is 14.5 Å². The Hall–Kier alpha value is -3.27. The maximum absolute atomic E-state index is 14.9. The number of aryl methyl sites for hydroxylation is 1. The van der Waals surface area contributed by atoms with Crippen LogP contribution in [-0.2, 0) is 17.3 Å². The third-order valence-corrected chi connectivity index (χ3v) is 6.42. The van der Waals surface area contributed by atoms with Gasteiger partial charge in [-0.05, 0) is 25.0 Å². The van der Waals surface area contributed by atoms with Gasteiger partial charge in [0.2, 0.25) is 11.9 Å². The molecule has 0 bridgehead atoms. The van der Waals surface area contributed by atoms with Gasteiger partial charge in [0, 0.05) is 44.5 Å². The van der Waals surface area contributed by atoms with Gasteiger partial charge < -0.3 is 19.5 Å². The second kappa shape index (κ2) is 6.88. The minimum absolute atomic E-state index is 0.0285. The topological polar surface area (TPSA) is 94.5 Å². The number of rotatable bonds is 3. The van der Waals surface area contributed by atoms with Crippen molar-refractivity contribution in [2.45, 2.75) is 18.3 Å². The quantitative estimate of drug-likeness (QED) is 0.657. The van der Waals surface area contributed by atoms with E-state index >= 15 is 0 Å². The van der Waals surface area contributed by atoms with E-state index in [0.717, 1.165) is 12.1 Å². The van der Waals surface area contributed by atoms with Gasteiger partial charge in [-0.1, -0.05) is 0 Å². The Morgan fingerprint density at radius 3 is 2.68 bits per heavy atom. The van der Waals surface area contributed by atoms with Crippen molar-refractivity contribution >= 4 is 28.6 Å². The number of benzene rings is 1. The molecule has 2 N–H and O–H groups in total. The summed E-state index contributed by atoms with van der Waals surface area (Å²) in [7, 11) is 1.80. The molecule has 0 aliphatic carbocycles. The first-order valence-electron chi connectivity index (χ1n) is 10.1. The Labute approximate surface area is 175 Å². The monoisotopic (exact) mass is 429 g/mol. The number of aliphatic hydroxyl groups excluding tert-OH is 1. The zero-order chi connectivity index (χ0) is 21.9. The summed E-state index contributed by atoms with van der Waals surface area (Å²) in [6, 6.07) is 3.64. The molecule has 1 amide bonds. The van der Waals surface area contributed by atoms with Crippen molar-refractivity contribution < 1.29 is 18.7 Å². The number of aromatic amines is 1. The molecule has 0 unspecified atom stereocenters. The van der Waals surface area contributed by atoms with E-state index in [1.165, 1.54) is 4.90 Å². The number of carbonyl (C=O) groups is 1. The summed E-state index contributed by atoms with van der Waals surface area (Å²) in [6.45, 7) is 0.369. The number of β-amino-alcohol motifs (C(OH)–C–C–N with tert-alkyl or cyclic N) is 1. The molecule has 162 valence electrons. The largest absolute Gasteiger partial charge is 0.395 e. The number of anilines is 2. The van der Waals surface area contributed by atoms with Crippen LogP contribution in [0.4, 0.5) is 20.4 Å². The highest BCUT2D eigenvalue weighted by atomic mass is 19.1. The predicted molar refractivity (Wildman–Crippen MR) is 110 cm³/mol. The average Bonchev–Trinajstić information content (AvgIpc) is 3.21. The summed E-state index contributed by atoms with van der Waals surface area (Å²) in [6.07, 6.45) is 2.31. The number of nitrogens with one attached hydrogen (secondary N) is 1. The molecule has 1 aromatic carbocycles. The van der Waals surface area contributed by atoms with Crippen LogP contribution < -0.4 is 15.4 Å². The molecule has 10 heteroatoms. The van der Waals surface area contributed by atoms with Crippen molar-refractivity contribution in [3.63, 3.8) is 0 Å². The van der Waals surface area contributed by atoms with Crippen LogP contribution in [0.5, 0.6) is 0 Å². The molecule has 0 saturated carbocycles. The van der Waals surface area contributed by atoms with Crippen LogP contribution in [0.1, 0.15) is 18.4 Å². The highest BCUT2D eigenvalue weighted by Crippen LogP contribution is 2.49. The van der Waals surface area contributed by atoms with Gasteiger partial charge in [-0.25, -0.2) is 8.78 Å². The normalized spacial score (nSPS) is 17.7. The molecule has 2 aliphatic heterocycles. The number of carbonyl (C=O) groups excluding carboxylic acids is 1. The van der Waals surface area contributed by atoms with E-state index in [-0.39, 0.29) is 48.7 Å². The molecule has 1 fully saturated rings. The van der Waals surface area contributed by atoms with Crippen LogP contribution in [0, 0.1) is 11.6 Å². The molecule has 0 radical (unpaired) electrons.